The van der Waals surface area contributed by atoms with Gasteiger partial charge in [0.25, 0.3) is 0 Å². The molecular weight excluding hydrogens is 374 g/mol. The van der Waals surface area contributed by atoms with Gasteiger partial charge in [0.2, 0.25) is 0 Å². The summed E-state index contributed by atoms with van der Waals surface area (Å²) in [5, 5.41) is 6.13. The normalized spacial score (nSPS) is 11.5. The van der Waals surface area contributed by atoms with Gasteiger partial charge in [0.05, 0.1) is 22.8 Å². The number of carbonyl (C=O) groups excluding carboxylic acids is 1. The quantitative estimate of drug-likeness (QED) is 0.647. The van der Waals surface area contributed by atoms with Gasteiger partial charge in [0.15, 0.2) is 0 Å². The number of aromatic nitrogens is 2. The second-order valence-electron chi connectivity index (χ2n) is 6.79. The predicted octanol–water partition coefficient (Wildman–Crippen LogP) is 4.88. The molecule has 6 nitrogen and oxygen atoms in total. The molecule has 0 aliphatic carbocycles. The van der Waals surface area contributed by atoms with E-state index in [0.29, 0.717) is 23.9 Å². The first-order chi connectivity index (χ1) is 12.3. The van der Waals surface area contributed by atoms with E-state index in [4.69, 9.17) is 21.1 Å². The van der Waals surface area contributed by atoms with Crippen LogP contribution in [0, 0.1) is 0 Å². The van der Waals surface area contributed by atoms with E-state index in [1.807, 2.05) is 44.4 Å². The highest BCUT2D eigenvalue weighted by molar-refractivity contribution is 7.07. The molecule has 0 radical (unpaired) electrons. The summed E-state index contributed by atoms with van der Waals surface area (Å²) >= 11 is 7.83. The van der Waals surface area contributed by atoms with Gasteiger partial charge in [-0.25, -0.2) is 9.78 Å². The van der Waals surface area contributed by atoms with Crippen molar-refractivity contribution in [2.75, 3.05) is 0 Å². The van der Waals surface area contributed by atoms with Crippen LogP contribution in [0.1, 0.15) is 32.2 Å². The second kappa shape index (κ2) is 7.55. The van der Waals surface area contributed by atoms with Crippen molar-refractivity contribution in [1.82, 2.24) is 15.3 Å². The van der Waals surface area contributed by atoms with E-state index >= 15 is 0 Å². The first kappa shape index (κ1) is 18.5. The van der Waals surface area contributed by atoms with E-state index in [9.17, 15) is 4.79 Å². The molecule has 138 valence electrons. The van der Waals surface area contributed by atoms with Crippen molar-refractivity contribution in [3.05, 3.63) is 45.5 Å². The molecule has 2 N–H and O–H groups in total. The Kier molecular flexibility index (Phi) is 5.38. The maximum Gasteiger partial charge on any atom is 0.407 e. The Balaban J connectivity index is 1.67. The molecule has 1 amide bonds. The van der Waals surface area contributed by atoms with Crippen LogP contribution in [0.15, 0.2) is 29.1 Å². The highest BCUT2D eigenvalue weighted by atomic mass is 35.5. The number of halogens is 1. The largest absolute Gasteiger partial charge is 0.486 e. The predicted molar refractivity (Wildman–Crippen MR) is 103 cm³/mol. The molecule has 3 rings (SSSR count). The third-order valence-corrected chi connectivity index (χ3v) is 4.34. The van der Waals surface area contributed by atoms with Gasteiger partial charge in [-0.3, -0.25) is 0 Å². The molecule has 0 aliphatic rings. The van der Waals surface area contributed by atoms with Gasteiger partial charge >= 0.3 is 6.09 Å². The fourth-order valence-electron chi connectivity index (χ4n) is 2.34. The lowest BCUT2D eigenvalue weighted by Gasteiger charge is -2.19. The van der Waals surface area contributed by atoms with Gasteiger partial charge in [0.1, 0.15) is 18.0 Å². The maximum absolute atomic E-state index is 11.8. The molecule has 3 aromatic rings. The molecule has 0 saturated carbocycles. The summed E-state index contributed by atoms with van der Waals surface area (Å²) < 4.78 is 11.0. The van der Waals surface area contributed by atoms with Crippen molar-refractivity contribution in [3.8, 4) is 5.75 Å². The lowest BCUT2D eigenvalue weighted by atomic mass is 10.2. The van der Waals surface area contributed by atoms with Crippen molar-refractivity contribution >= 4 is 39.9 Å². The van der Waals surface area contributed by atoms with E-state index in [2.05, 4.69) is 15.3 Å². The number of thiazole rings is 1. The van der Waals surface area contributed by atoms with Crippen molar-refractivity contribution in [2.45, 2.75) is 39.5 Å². The molecule has 8 heteroatoms. The zero-order valence-corrected chi connectivity index (χ0v) is 16.3. The molecule has 0 unspecified atom stereocenters. The van der Waals surface area contributed by atoms with Crippen LogP contribution < -0.4 is 10.1 Å². The number of hydrogen-bond acceptors (Lipinski definition) is 5. The number of ether oxygens (including phenoxy) is 2. The Hall–Kier alpha value is -2.25. The maximum atomic E-state index is 11.8. The minimum Gasteiger partial charge on any atom is -0.486 e. The van der Waals surface area contributed by atoms with Crippen LogP contribution in [-0.2, 0) is 17.9 Å². The number of alkyl carbamates (subject to hydrolysis) is 1. The van der Waals surface area contributed by atoms with Crippen LogP contribution in [0.3, 0.4) is 0 Å². The molecule has 0 bridgehead atoms. The van der Waals surface area contributed by atoms with Crippen molar-refractivity contribution < 1.29 is 14.3 Å². The Bertz CT molecular complexity index is 900. The highest BCUT2D eigenvalue weighted by Crippen LogP contribution is 2.31. The van der Waals surface area contributed by atoms with Gasteiger partial charge in [0, 0.05) is 28.0 Å². The first-order valence-corrected chi connectivity index (χ1v) is 9.40. The third-order valence-electron chi connectivity index (χ3n) is 3.41. The van der Waals surface area contributed by atoms with Gasteiger partial charge in [-0.15, -0.1) is 11.3 Å². The minimum atomic E-state index is -0.526. The molecule has 0 aliphatic heterocycles. The summed E-state index contributed by atoms with van der Waals surface area (Å²) in [4.78, 5) is 19.2. The Morgan fingerprint density at radius 1 is 1.35 bits per heavy atom. The zero-order chi connectivity index (χ0) is 18.7. The summed E-state index contributed by atoms with van der Waals surface area (Å²) in [6.07, 6.45) is -0.457. The number of nitrogens with zero attached hydrogens (tertiary/aromatic N) is 1. The topological polar surface area (TPSA) is 76.2 Å². The van der Waals surface area contributed by atoms with E-state index in [0.717, 1.165) is 22.3 Å². The third kappa shape index (κ3) is 4.89. The Morgan fingerprint density at radius 3 is 2.85 bits per heavy atom. The van der Waals surface area contributed by atoms with Crippen molar-refractivity contribution in [2.24, 2.45) is 0 Å². The summed E-state index contributed by atoms with van der Waals surface area (Å²) in [5.74, 6) is 0.584. The summed E-state index contributed by atoms with van der Waals surface area (Å²) in [6, 6.07) is 5.62. The zero-order valence-electron chi connectivity index (χ0n) is 14.8. The monoisotopic (exact) mass is 393 g/mol. The number of carbonyl (C=O) groups is 1. The molecule has 0 saturated heterocycles. The van der Waals surface area contributed by atoms with E-state index in [1.54, 1.807) is 5.51 Å². The van der Waals surface area contributed by atoms with Crippen molar-refractivity contribution in [1.29, 1.82) is 0 Å². The van der Waals surface area contributed by atoms with Gasteiger partial charge < -0.3 is 19.8 Å². The molecule has 2 aromatic heterocycles. The minimum absolute atomic E-state index is 0.330. The van der Waals surface area contributed by atoms with Crippen LogP contribution >= 0.6 is 22.9 Å². The van der Waals surface area contributed by atoms with E-state index in [-0.39, 0.29) is 0 Å². The van der Waals surface area contributed by atoms with Crippen LogP contribution in [0.25, 0.3) is 10.9 Å². The highest BCUT2D eigenvalue weighted by Gasteiger charge is 2.16. The fourth-order valence-corrected chi connectivity index (χ4v) is 3.11. The second-order valence-corrected chi connectivity index (χ2v) is 7.91. The number of amides is 1. The number of hydrogen-bond donors (Lipinski definition) is 2. The average Bonchev–Trinajstić information content (AvgIpc) is 3.18. The van der Waals surface area contributed by atoms with E-state index in [1.165, 1.54) is 11.3 Å². The number of aromatic amines is 1. The number of rotatable bonds is 5. The number of benzene rings is 1. The van der Waals surface area contributed by atoms with Crippen LogP contribution in [-0.4, -0.2) is 21.7 Å². The van der Waals surface area contributed by atoms with Crippen LogP contribution in [0.5, 0.6) is 5.75 Å². The SMILES string of the molecule is CC(C)(C)OC(=O)NCc1cc2cc(Cl)c(OCc3cscn3)cc2[nH]1. The van der Waals surface area contributed by atoms with Gasteiger partial charge in [-0.1, -0.05) is 11.6 Å². The number of H-pyrrole nitrogens is 1. The average molecular weight is 394 g/mol. The Morgan fingerprint density at radius 2 is 2.15 bits per heavy atom. The molecule has 26 heavy (non-hydrogen) atoms. The number of nitrogens with one attached hydrogen (secondary N) is 2. The molecule has 0 spiro atoms. The molecule has 2 heterocycles. The lowest BCUT2D eigenvalue weighted by Crippen LogP contribution is -2.32. The van der Waals surface area contributed by atoms with Crippen LogP contribution in [0.4, 0.5) is 4.79 Å². The summed E-state index contributed by atoms with van der Waals surface area (Å²) in [7, 11) is 0. The lowest BCUT2D eigenvalue weighted by molar-refractivity contribution is 0.0523. The van der Waals surface area contributed by atoms with Gasteiger partial charge in [-0.05, 0) is 32.9 Å². The summed E-state index contributed by atoms with van der Waals surface area (Å²) in [6.45, 7) is 6.17. The van der Waals surface area contributed by atoms with Crippen LogP contribution in [0.2, 0.25) is 5.02 Å². The molecular formula is C18H20ClN3O3S. The summed E-state index contributed by atoms with van der Waals surface area (Å²) in [5.41, 5.74) is 3.82. The standard InChI is InChI=1S/C18H20ClN3O3S/c1-18(2,3)25-17(23)20-7-12-4-11-5-14(19)16(6-15(11)22-12)24-8-13-9-26-10-21-13/h4-6,9-10,22H,7-8H2,1-3H3,(H,20,23). The van der Waals surface area contributed by atoms with E-state index < -0.39 is 11.7 Å². The van der Waals surface area contributed by atoms with Crippen molar-refractivity contribution in [3.63, 3.8) is 0 Å². The smallest absolute Gasteiger partial charge is 0.407 e. The molecule has 0 fully saturated rings. The fraction of sp³-hybridized carbons (Fsp3) is 0.333. The van der Waals surface area contributed by atoms with Gasteiger partial charge in [-0.2, -0.15) is 0 Å². The first-order valence-electron chi connectivity index (χ1n) is 8.08. The number of fused-ring (bicyclic) bond motifs is 1. The molecule has 1 aromatic carbocycles. The molecule has 0 atom stereocenters. The Labute approximate surface area is 160 Å².